The maximum Gasteiger partial charge on any atom is 0.0626 e. The molecular formula is C14H18N2. The topological polar surface area (TPSA) is 27.0 Å². The zero-order valence-corrected chi connectivity index (χ0v) is 9.45. The number of likely N-dealkylation sites (tertiary alicyclic amines) is 1. The van der Waals surface area contributed by atoms with Gasteiger partial charge in [0.05, 0.1) is 7.44 Å². The summed E-state index contributed by atoms with van der Waals surface area (Å²) in [5.41, 5.74) is 0.966. The highest BCUT2D eigenvalue weighted by atomic mass is 15.2. The summed E-state index contributed by atoms with van der Waals surface area (Å²) in [6.07, 6.45) is 2.87. The Morgan fingerprint density at radius 3 is 3.31 bits per heavy atom. The quantitative estimate of drug-likeness (QED) is 0.773. The minimum Gasteiger partial charge on any atom is -0.296 e. The average Bonchev–Trinajstić information content (AvgIpc) is 2.72. The van der Waals surface area contributed by atoms with Crippen molar-refractivity contribution in [1.29, 1.82) is 5.26 Å². The number of rotatable bonds is 4. The van der Waals surface area contributed by atoms with Gasteiger partial charge in [-0.2, -0.15) is 5.26 Å². The van der Waals surface area contributed by atoms with Crippen LogP contribution < -0.4 is 0 Å². The Balaban J connectivity index is 2.09. The molecule has 0 saturated carbocycles. The molecular weight excluding hydrogens is 196 g/mol. The molecule has 2 rings (SSSR count). The first-order chi connectivity index (χ1) is 8.65. The fraction of sp³-hybridized carbons (Fsp3) is 0.500. The fourth-order valence-corrected chi connectivity index (χ4v) is 2.20. The molecule has 84 valence electrons. The van der Waals surface area contributed by atoms with E-state index in [-0.39, 0.29) is 0 Å². The second kappa shape index (κ2) is 5.67. The number of nitrogens with zero attached hydrogens (tertiary/aromatic N) is 2. The van der Waals surface area contributed by atoms with Gasteiger partial charge in [-0.15, -0.1) is 0 Å². The molecule has 1 atom stereocenters. The number of hydrogen-bond acceptors (Lipinski definition) is 2. The summed E-state index contributed by atoms with van der Waals surface area (Å²) in [6.45, 7) is 1.54. The van der Waals surface area contributed by atoms with E-state index in [4.69, 9.17) is 8.00 Å². The van der Waals surface area contributed by atoms with Gasteiger partial charge in [-0.1, -0.05) is 30.3 Å². The molecule has 1 fully saturated rings. The molecule has 1 aromatic rings. The van der Waals surface area contributed by atoms with Gasteiger partial charge in [0, 0.05) is 20.4 Å². The van der Waals surface area contributed by atoms with Gasteiger partial charge in [0.25, 0.3) is 0 Å². The zero-order chi connectivity index (χ0) is 13.0. The summed E-state index contributed by atoms with van der Waals surface area (Å²) in [5, 5.41) is 8.68. The van der Waals surface area contributed by atoms with Gasteiger partial charge in [-0.05, 0) is 31.4 Å². The standard InChI is InChI=1S/C14H18N2/c15-10-4-8-14-9-5-11-16(14)12-13-6-2-1-3-7-13/h1-3,6-7,14H,4-5,8-9,11-12H2/i6D,14D. The predicted octanol–water partition coefficient (Wildman–Crippen LogP) is 2.95. The van der Waals surface area contributed by atoms with Gasteiger partial charge >= 0.3 is 0 Å². The predicted molar refractivity (Wildman–Crippen MR) is 64.7 cm³/mol. The SMILES string of the molecule is [2H]c1ccccc1CN1CCCC1([2H])CCC#N. The Hall–Kier alpha value is -1.33. The summed E-state index contributed by atoms with van der Waals surface area (Å²) in [4.78, 5) is 2.11. The Kier molecular flexibility index (Phi) is 3.11. The van der Waals surface area contributed by atoms with E-state index in [1.165, 1.54) is 0 Å². The minimum absolute atomic E-state index is 0.433. The molecule has 0 radical (unpaired) electrons. The second-order valence-electron chi connectivity index (χ2n) is 4.14. The largest absolute Gasteiger partial charge is 0.296 e. The van der Waals surface area contributed by atoms with E-state index in [9.17, 15) is 0 Å². The Morgan fingerprint density at radius 1 is 1.56 bits per heavy atom. The highest BCUT2D eigenvalue weighted by Crippen LogP contribution is 2.23. The van der Waals surface area contributed by atoms with Crippen molar-refractivity contribution in [3.05, 3.63) is 35.9 Å². The van der Waals surface area contributed by atoms with Crippen molar-refractivity contribution in [1.82, 2.24) is 4.90 Å². The maximum atomic E-state index is 8.68. The van der Waals surface area contributed by atoms with Crippen LogP contribution in [0.5, 0.6) is 0 Å². The Labute approximate surface area is 100 Å². The lowest BCUT2D eigenvalue weighted by atomic mass is 10.1. The van der Waals surface area contributed by atoms with Crippen LogP contribution in [0.2, 0.25) is 0 Å². The molecule has 0 bridgehead atoms. The summed E-state index contributed by atoms with van der Waals surface area (Å²) in [7, 11) is 0. The van der Waals surface area contributed by atoms with Crippen LogP contribution in [0.4, 0.5) is 0 Å². The van der Waals surface area contributed by atoms with Crippen LogP contribution in [0.25, 0.3) is 0 Å². The summed E-state index contributed by atoms with van der Waals surface area (Å²) >= 11 is 0. The highest BCUT2D eigenvalue weighted by molar-refractivity contribution is 5.14. The van der Waals surface area contributed by atoms with Crippen LogP contribution in [-0.4, -0.2) is 17.5 Å². The molecule has 16 heavy (non-hydrogen) atoms. The first-order valence-electron chi connectivity index (χ1n) is 6.82. The lowest BCUT2D eigenvalue weighted by molar-refractivity contribution is 0.236. The zero-order valence-electron chi connectivity index (χ0n) is 11.4. The van der Waals surface area contributed by atoms with Crippen molar-refractivity contribution >= 4 is 0 Å². The van der Waals surface area contributed by atoms with Crippen LogP contribution in [-0.2, 0) is 6.54 Å². The van der Waals surface area contributed by atoms with Gasteiger partial charge in [0.1, 0.15) is 0 Å². The fourth-order valence-electron chi connectivity index (χ4n) is 2.20. The van der Waals surface area contributed by atoms with Gasteiger partial charge in [-0.3, -0.25) is 4.90 Å². The average molecular weight is 216 g/mol. The van der Waals surface area contributed by atoms with Crippen molar-refractivity contribution in [3.8, 4) is 6.07 Å². The smallest absolute Gasteiger partial charge is 0.0626 e. The van der Waals surface area contributed by atoms with E-state index in [0.717, 1.165) is 24.9 Å². The Morgan fingerprint density at radius 2 is 2.50 bits per heavy atom. The van der Waals surface area contributed by atoms with Crippen molar-refractivity contribution in [2.75, 3.05) is 6.54 Å². The lowest BCUT2D eigenvalue weighted by Crippen LogP contribution is -2.28. The summed E-state index contributed by atoms with van der Waals surface area (Å²) in [5.74, 6) is 0. The van der Waals surface area contributed by atoms with Crippen molar-refractivity contribution in [2.45, 2.75) is 38.2 Å². The second-order valence-corrected chi connectivity index (χ2v) is 4.14. The molecule has 0 aliphatic carbocycles. The van der Waals surface area contributed by atoms with Crippen molar-refractivity contribution in [3.63, 3.8) is 0 Å². The maximum absolute atomic E-state index is 8.68. The van der Waals surface area contributed by atoms with Crippen LogP contribution in [0.1, 0.15) is 34.0 Å². The van der Waals surface area contributed by atoms with Gasteiger partial charge < -0.3 is 0 Å². The molecule has 0 spiro atoms. The molecule has 1 unspecified atom stereocenters. The molecule has 2 nitrogen and oxygen atoms in total. The summed E-state index contributed by atoms with van der Waals surface area (Å²) in [6, 6.07) is 9.58. The molecule has 0 N–H and O–H groups in total. The molecule has 1 aliphatic heterocycles. The first-order valence-corrected chi connectivity index (χ1v) is 5.82. The van der Waals surface area contributed by atoms with Crippen molar-refractivity contribution in [2.24, 2.45) is 0 Å². The third-order valence-corrected chi connectivity index (χ3v) is 3.00. The first kappa shape index (κ1) is 8.78. The van der Waals surface area contributed by atoms with E-state index in [1.54, 1.807) is 6.07 Å². The van der Waals surface area contributed by atoms with E-state index in [1.807, 2.05) is 18.2 Å². The molecule has 1 heterocycles. The van der Waals surface area contributed by atoms with Gasteiger partial charge in [0.2, 0.25) is 0 Å². The molecule has 1 saturated heterocycles. The molecule has 0 amide bonds. The van der Waals surface area contributed by atoms with Gasteiger partial charge in [-0.25, -0.2) is 0 Å². The summed E-state index contributed by atoms with van der Waals surface area (Å²) < 4.78 is 16.3. The van der Waals surface area contributed by atoms with Crippen LogP contribution >= 0.6 is 0 Å². The molecule has 0 aromatic heterocycles. The number of nitriles is 1. The van der Waals surface area contributed by atoms with Crippen LogP contribution in [0.3, 0.4) is 0 Å². The van der Waals surface area contributed by atoms with E-state index in [2.05, 4.69) is 11.0 Å². The normalized spacial score (nSPS) is 27.2. The number of hydrogen-bond donors (Lipinski definition) is 0. The van der Waals surface area contributed by atoms with E-state index < -0.39 is 6.02 Å². The Bertz CT molecular complexity index is 455. The lowest BCUT2D eigenvalue weighted by Gasteiger charge is -2.23. The third kappa shape index (κ3) is 2.84. The van der Waals surface area contributed by atoms with Crippen LogP contribution in [0, 0.1) is 11.3 Å². The third-order valence-electron chi connectivity index (χ3n) is 3.00. The molecule has 1 aliphatic rings. The monoisotopic (exact) mass is 216 g/mol. The highest BCUT2D eigenvalue weighted by Gasteiger charge is 2.23. The minimum atomic E-state index is -0.613. The van der Waals surface area contributed by atoms with Crippen LogP contribution in [0.15, 0.2) is 30.3 Å². The molecule has 1 aromatic carbocycles. The van der Waals surface area contributed by atoms with E-state index in [0.29, 0.717) is 25.4 Å². The number of benzene rings is 1. The van der Waals surface area contributed by atoms with Gasteiger partial charge in [0.15, 0.2) is 0 Å². The van der Waals surface area contributed by atoms with E-state index >= 15 is 0 Å². The molecule has 2 heteroatoms. The van der Waals surface area contributed by atoms with Crippen molar-refractivity contribution < 1.29 is 2.74 Å².